The fourth-order valence-corrected chi connectivity index (χ4v) is 5.13. The van der Waals surface area contributed by atoms with Crippen molar-refractivity contribution in [1.29, 1.82) is 0 Å². The highest BCUT2D eigenvalue weighted by Crippen LogP contribution is 2.44. The summed E-state index contributed by atoms with van der Waals surface area (Å²) in [5, 5.41) is 12.2. The maximum Gasteiger partial charge on any atom is 0.407 e. The maximum atomic E-state index is 13.0. The molecule has 4 rings (SSSR count). The second kappa shape index (κ2) is 8.89. The number of likely N-dealkylation sites (tertiary alicyclic amines) is 1. The molecule has 2 amide bonds. The van der Waals surface area contributed by atoms with Crippen LogP contribution in [0.1, 0.15) is 50.7 Å². The fraction of sp³-hybridized carbons (Fsp3) is 0.423. The number of amides is 2. The Morgan fingerprint density at radius 1 is 1.09 bits per heavy atom. The van der Waals surface area contributed by atoms with Gasteiger partial charge in [-0.25, -0.2) is 9.59 Å². The number of hydrogen-bond acceptors (Lipinski definition) is 4. The van der Waals surface area contributed by atoms with Crippen molar-refractivity contribution in [3.63, 3.8) is 0 Å². The number of alkyl carbamates (subject to hydrolysis) is 1. The monoisotopic (exact) mass is 450 g/mol. The van der Waals surface area contributed by atoms with Crippen LogP contribution in [0.25, 0.3) is 11.1 Å². The summed E-state index contributed by atoms with van der Waals surface area (Å²) in [5.41, 5.74) is 4.00. The van der Waals surface area contributed by atoms with Gasteiger partial charge in [-0.15, -0.1) is 0 Å². The molecule has 0 spiro atoms. The number of rotatable bonds is 7. The summed E-state index contributed by atoms with van der Waals surface area (Å²) >= 11 is 0. The van der Waals surface area contributed by atoms with E-state index >= 15 is 0 Å². The zero-order valence-corrected chi connectivity index (χ0v) is 19.2. The minimum absolute atomic E-state index is 0.0731. The van der Waals surface area contributed by atoms with Gasteiger partial charge in [0.05, 0.1) is 0 Å². The van der Waals surface area contributed by atoms with Crippen LogP contribution in [0, 0.1) is 5.41 Å². The van der Waals surface area contributed by atoms with Crippen molar-refractivity contribution < 1.29 is 24.2 Å². The topological polar surface area (TPSA) is 95.9 Å². The van der Waals surface area contributed by atoms with Crippen LogP contribution in [0.3, 0.4) is 0 Å². The van der Waals surface area contributed by atoms with Gasteiger partial charge in [-0.3, -0.25) is 4.79 Å². The molecule has 1 aliphatic carbocycles. The third-order valence-corrected chi connectivity index (χ3v) is 6.66. The number of carboxylic acid groups (broad SMARTS) is 1. The van der Waals surface area contributed by atoms with E-state index in [1.54, 1.807) is 0 Å². The molecule has 2 N–H and O–H groups in total. The molecule has 2 aliphatic rings. The third-order valence-electron chi connectivity index (χ3n) is 6.66. The molecule has 0 saturated carbocycles. The quantitative estimate of drug-likeness (QED) is 0.664. The SMILES string of the molecule is CCCC(NC(=O)OCC1c2ccccc2-c2ccccc21)C(=O)N1CC(C)(C)C1C(=O)O. The number of fused-ring (bicyclic) bond motifs is 3. The molecule has 1 saturated heterocycles. The van der Waals surface area contributed by atoms with E-state index in [9.17, 15) is 19.5 Å². The molecule has 0 radical (unpaired) electrons. The molecule has 7 nitrogen and oxygen atoms in total. The number of ether oxygens (including phenoxy) is 1. The van der Waals surface area contributed by atoms with E-state index in [0.717, 1.165) is 22.3 Å². The van der Waals surface area contributed by atoms with Gasteiger partial charge < -0.3 is 20.1 Å². The van der Waals surface area contributed by atoms with Crippen molar-refractivity contribution in [3.05, 3.63) is 59.7 Å². The normalized spacial score (nSPS) is 19.1. The van der Waals surface area contributed by atoms with Gasteiger partial charge in [0.2, 0.25) is 5.91 Å². The van der Waals surface area contributed by atoms with E-state index in [1.165, 1.54) is 4.90 Å². The first-order chi connectivity index (χ1) is 15.7. The predicted molar refractivity (Wildman–Crippen MR) is 124 cm³/mol. The number of hydrogen-bond donors (Lipinski definition) is 2. The molecule has 0 aromatic heterocycles. The van der Waals surface area contributed by atoms with Gasteiger partial charge in [-0.1, -0.05) is 75.7 Å². The molecule has 33 heavy (non-hydrogen) atoms. The van der Waals surface area contributed by atoms with Crippen LogP contribution in [0.2, 0.25) is 0 Å². The van der Waals surface area contributed by atoms with Gasteiger partial charge in [-0.2, -0.15) is 0 Å². The van der Waals surface area contributed by atoms with E-state index < -0.39 is 29.6 Å². The van der Waals surface area contributed by atoms with Crippen LogP contribution in [0.5, 0.6) is 0 Å². The van der Waals surface area contributed by atoms with Crippen molar-refractivity contribution in [1.82, 2.24) is 10.2 Å². The number of carbonyl (C=O) groups is 3. The van der Waals surface area contributed by atoms with E-state index in [0.29, 0.717) is 19.4 Å². The van der Waals surface area contributed by atoms with E-state index in [2.05, 4.69) is 17.4 Å². The van der Waals surface area contributed by atoms with Crippen LogP contribution in [-0.4, -0.2) is 53.2 Å². The standard InChI is InChI=1S/C26H30N2O5/c1-4-9-21(23(29)28-15-26(2,3)22(28)24(30)31)27-25(32)33-14-20-18-12-7-5-10-16(18)17-11-6-8-13-19(17)20/h5-8,10-13,20-22H,4,9,14-15H2,1-3H3,(H,27,32)(H,30,31). The summed E-state index contributed by atoms with van der Waals surface area (Å²) in [6.07, 6.45) is 0.400. The lowest BCUT2D eigenvalue weighted by molar-refractivity contribution is -0.172. The molecule has 1 fully saturated rings. The highest BCUT2D eigenvalue weighted by atomic mass is 16.5. The molecule has 0 bridgehead atoms. The first-order valence-corrected chi connectivity index (χ1v) is 11.4. The molecule has 174 valence electrons. The van der Waals surface area contributed by atoms with E-state index in [-0.39, 0.29) is 18.4 Å². The molecular weight excluding hydrogens is 420 g/mol. The molecule has 1 heterocycles. The fourth-order valence-electron chi connectivity index (χ4n) is 5.13. The molecule has 7 heteroatoms. The molecule has 2 aromatic rings. The summed E-state index contributed by atoms with van der Waals surface area (Å²) in [6.45, 7) is 6.05. The van der Waals surface area contributed by atoms with E-state index in [1.807, 2.05) is 57.2 Å². The lowest BCUT2D eigenvalue weighted by atomic mass is 9.74. The van der Waals surface area contributed by atoms with Crippen molar-refractivity contribution >= 4 is 18.0 Å². The van der Waals surface area contributed by atoms with Gasteiger partial charge in [0.25, 0.3) is 0 Å². The zero-order valence-electron chi connectivity index (χ0n) is 19.2. The number of aliphatic carboxylic acids is 1. The average Bonchev–Trinajstić information content (AvgIpc) is 3.09. The smallest absolute Gasteiger partial charge is 0.407 e. The largest absolute Gasteiger partial charge is 0.480 e. The van der Waals surface area contributed by atoms with E-state index in [4.69, 9.17) is 4.74 Å². The van der Waals surface area contributed by atoms with Gasteiger partial charge in [-0.05, 0) is 28.7 Å². The van der Waals surface area contributed by atoms with Crippen LogP contribution in [0.4, 0.5) is 4.79 Å². The number of carbonyl (C=O) groups excluding carboxylic acids is 2. The molecule has 2 atom stereocenters. The second-order valence-corrected chi connectivity index (χ2v) is 9.51. The van der Waals surface area contributed by atoms with Crippen LogP contribution in [0.15, 0.2) is 48.5 Å². The van der Waals surface area contributed by atoms with Crippen LogP contribution >= 0.6 is 0 Å². The Bertz CT molecular complexity index is 1030. The summed E-state index contributed by atoms with van der Waals surface area (Å²) in [7, 11) is 0. The first kappa shape index (κ1) is 22.8. The number of nitrogens with one attached hydrogen (secondary N) is 1. The van der Waals surface area contributed by atoms with Crippen LogP contribution in [-0.2, 0) is 14.3 Å². The Morgan fingerprint density at radius 2 is 1.67 bits per heavy atom. The third kappa shape index (κ3) is 4.19. The van der Waals surface area contributed by atoms with Gasteiger partial charge in [0.15, 0.2) is 0 Å². The van der Waals surface area contributed by atoms with Gasteiger partial charge >= 0.3 is 12.1 Å². The second-order valence-electron chi connectivity index (χ2n) is 9.51. The zero-order chi connectivity index (χ0) is 23.8. The molecular formula is C26H30N2O5. The Kier molecular flexibility index (Phi) is 6.15. The number of benzene rings is 2. The first-order valence-electron chi connectivity index (χ1n) is 11.4. The summed E-state index contributed by atoms with van der Waals surface area (Å²) in [5.74, 6) is -1.48. The minimum atomic E-state index is -1.03. The Hall–Kier alpha value is -3.35. The highest BCUT2D eigenvalue weighted by molar-refractivity contribution is 5.91. The lowest BCUT2D eigenvalue weighted by Crippen LogP contribution is -2.69. The highest BCUT2D eigenvalue weighted by Gasteiger charge is 2.53. The Balaban J connectivity index is 1.42. The minimum Gasteiger partial charge on any atom is -0.480 e. The summed E-state index contributed by atoms with van der Waals surface area (Å²) in [6, 6.07) is 14.4. The maximum absolute atomic E-state index is 13.0. The van der Waals surface area contributed by atoms with Gasteiger partial charge in [0, 0.05) is 17.9 Å². The van der Waals surface area contributed by atoms with Crippen molar-refractivity contribution in [2.75, 3.05) is 13.2 Å². The Labute approximate surface area is 193 Å². The average molecular weight is 451 g/mol. The number of carboxylic acids is 1. The van der Waals surface area contributed by atoms with Crippen molar-refractivity contribution in [2.24, 2.45) is 5.41 Å². The lowest BCUT2D eigenvalue weighted by Gasteiger charge is -2.52. The Morgan fingerprint density at radius 3 is 2.18 bits per heavy atom. The molecule has 2 aromatic carbocycles. The van der Waals surface area contributed by atoms with Crippen molar-refractivity contribution in [2.45, 2.75) is 51.6 Å². The summed E-state index contributed by atoms with van der Waals surface area (Å²) in [4.78, 5) is 38.7. The van der Waals surface area contributed by atoms with Gasteiger partial charge in [0.1, 0.15) is 18.7 Å². The molecule has 1 aliphatic heterocycles. The number of nitrogens with zero attached hydrogens (tertiary/aromatic N) is 1. The van der Waals surface area contributed by atoms with Crippen LogP contribution < -0.4 is 5.32 Å². The van der Waals surface area contributed by atoms with Crippen molar-refractivity contribution in [3.8, 4) is 11.1 Å². The predicted octanol–water partition coefficient (Wildman–Crippen LogP) is 4.02. The molecule has 2 unspecified atom stereocenters. The summed E-state index contributed by atoms with van der Waals surface area (Å²) < 4.78 is 5.58.